The van der Waals surface area contributed by atoms with Gasteiger partial charge in [0.05, 0.1) is 22.2 Å². The zero-order chi connectivity index (χ0) is 24.1. The summed E-state index contributed by atoms with van der Waals surface area (Å²) in [6.45, 7) is 6.90. The van der Waals surface area contributed by atoms with Crippen molar-refractivity contribution in [1.29, 1.82) is 5.26 Å². The summed E-state index contributed by atoms with van der Waals surface area (Å²) in [6, 6.07) is 23.3. The first-order valence-corrected chi connectivity index (χ1v) is 11.9. The number of amidine groups is 1. The smallest absolute Gasteiger partial charge is 0.266 e. The van der Waals surface area contributed by atoms with Crippen molar-refractivity contribution in [3.63, 3.8) is 0 Å². The van der Waals surface area contributed by atoms with E-state index < -0.39 is 0 Å². The maximum Gasteiger partial charge on any atom is 0.266 e. The molecule has 1 aliphatic heterocycles. The van der Waals surface area contributed by atoms with Crippen LogP contribution in [0.25, 0.3) is 6.08 Å². The summed E-state index contributed by atoms with van der Waals surface area (Å²) in [7, 11) is 0. The summed E-state index contributed by atoms with van der Waals surface area (Å²) in [5, 5.41) is 9.92. The number of likely N-dealkylation sites (N-methyl/N-ethyl adjacent to an activating group) is 1. The van der Waals surface area contributed by atoms with E-state index >= 15 is 0 Å². The van der Waals surface area contributed by atoms with Crippen molar-refractivity contribution in [2.45, 2.75) is 27.4 Å². The molecule has 3 aromatic rings. The first-order chi connectivity index (χ1) is 16.5. The number of hydrogen-bond donors (Lipinski definition) is 0. The SMILES string of the molecule is CCN1C(=O)/C(=C\c2ccc(OCc3ccccc3C#N)cc2)SC1=Nc1cc(C)ccc1C. The highest BCUT2D eigenvalue weighted by atomic mass is 32.2. The van der Waals surface area contributed by atoms with Gasteiger partial charge in [0.2, 0.25) is 0 Å². The lowest BCUT2D eigenvalue weighted by molar-refractivity contribution is -0.122. The van der Waals surface area contributed by atoms with Gasteiger partial charge >= 0.3 is 0 Å². The van der Waals surface area contributed by atoms with E-state index in [1.165, 1.54) is 11.8 Å². The Bertz CT molecular complexity index is 1320. The largest absolute Gasteiger partial charge is 0.489 e. The molecule has 1 saturated heterocycles. The van der Waals surface area contributed by atoms with Gasteiger partial charge in [0.25, 0.3) is 5.91 Å². The summed E-state index contributed by atoms with van der Waals surface area (Å²) in [4.78, 5) is 20.1. The van der Waals surface area contributed by atoms with Crippen molar-refractivity contribution in [2.24, 2.45) is 4.99 Å². The molecular weight excluding hydrogens is 442 g/mol. The molecule has 6 heteroatoms. The number of nitrogens with zero attached hydrogens (tertiary/aromatic N) is 3. The fourth-order valence-electron chi connectivity index (χ4n) is 3.54. The van der Waals surface area contributed by atoms with Crippen LogP contribution in [0.5, 0.6) is 5.75 Å². The van der Waals surface area contributed by atoms with Gasteiger partial charge < -0.3 is 4.74 Å². The Hall–Kier alpha value is -3.82. The summed E-state index contributed by atoms with van der Waals surface area (Å²) >= 11 is 1.40. The second kappa shape index (κ2) is 10.4. The molecule has 0 saturated carbocycles. The topological polar surface area (TPSA) is 65.7 Å². The van der Waals surface area contributed by atoms with Gasteiger partial charge in [-0.3, -0.25) is 9.69 Å². The fourth-order valence-corrected chi connectivity index (χ4v) is 4.60. The molecule has 1 aliphatic rings. The van der Waals surface area contributed by atoms with Crippen LogP contribution in [-0.2, 0) is 11.4 Å². The summed E-state index contributed by atoms with van der Waals surface area (Å²) in [6.07, 6.45) is 1.88. The van der Waals surface area contributed by atoms with E-state index in [1.807, 2.05) is 81.4 Å². The molecule has 1 heterocycles. The summed E-state index contributed by atoms with van der Waals surface area (Å²) in [5.41, 5.74) is 5.46. The van der Waals surface area contributed by atoms with E-state index in [-0.39, 0.29) is 5.91 Å². The third kappa shape index (κ3) is 5.22. The molecule has 0 N–H and O–H groups in total. The number of aryl methyl sites for hydroxylation is 2. The van der Waals surface area contributed by atoms with Crippen molar-refractivity contribution in [3.8, 4) is 11.8 Å². The van der Waals surface area contributed by atoms with Crippen LogP contribution in [-0.4, -0.2) is 22.5 Å². The molecule has 1 fully saturated rings. The molecule has 0 bridgehead atoms. The average molecular weight is 468 g/mol. The second-order valence-electron chi connectivity index (χ2n) is 7.97. The molecule has 0 spiro atoms. The van der Waals surface area contributed by atoms with E-state index in [0.717, 1.165) is 27.9 Å². The van der Waals surface area contributed by atoms with Crippen LogP contribution in [0.2, 0.25) is 0 Å². The Kier molecular flexibility index (Phi) is 7.15. The number of hydrogen-bond acceptors (Lipinski definition) is 5. The maximum atomic E-state index is 13.0. The first-order valence-electron chi connectivity index (χ1n) is 11.1. The molecule has 3 aromatic carbocycles. The Balaban J connectivity index is 1.50. The fraction of sp³-hybridized carbons (Fsp3) is 0.179. The Morgan fingerprint density at radius 2 is 1.85 bits per heavy atom. The van der Waals surface area contributed by atoms with E-state index in [0.29, 0.717) is 34.5 Å². The van der Waals surface area contributed by atoms with Crippen molar-refractivity contribution >= 4 is 34.6 Å². The van der Waals surface area contributed by atoms with Gasteiger partial charge in [0.1, 0.15) is 12.4 Å². The first kappa shape index (κ1) is 23.3. The third-order valence-electron chi connectivity index (χ3n) is 5.50. The van der Waals surface area contributed by atoms with E-state index in [2.05, 4.69) is 12.1 Å². The highest BCUT2D eigenvalue weighted by molar-refractivity contribution is 8.18. The van der Waals surface area contributed by atoms with Crippen LogP contribution in [0.3, 0.4) is 0 Å². The predicted molar refractivity (Wildman–Crippen MR) is 138 cm³/mol. The highest BCUT2D eigenvalue weighted by Gasteiger charge is 2.32. The number of nitriles is 1. The minimum atomic E-state index is -0.0370. The summed E-state index contributed by atoms with van der Waals surface area (Å²) in [5.74, 6) is 0.664. The molecule has 4 rings (SSSR count). The van der Waals surface area contributed by atoms with Gasteiger partial charge in [-0.15, -0.1) is 0 Å². The standard InChI is InChI=1S/C28H25N3O2S/c1-4-31-27(32)26(34-28(31)30-25-15-19(2)9-10-20(25)3)16-21-11-13-24(14-12-21)33-18-23-8-6-5-7-22(23)17-29/h5-16H,4,18H2,1-3H3/b26-16+,30-28?. The molecule has 0 aliphatic carbocycles. The lowest BCUT2D eigenvalue weighted by Gasteiger charge is -2.12. The monoisotopic (exact) mass is 467 g/mol. The number of aliphatic imine (C=N–C) groups is 1. The predicted octanol–water partition coefficient (Wildman–Crippen LogP) is 6.38. The minimum Gasteiger partial charge on any atom is -0.489 e. The van der Waals surface area contributed by atoms with E-state index in [9.17, 15) is 10.1 Å². The normalized spacial score (nSPS) is 15.7. The third-order valence-corrected chi connectivity index (χ3v) is 6.50. The maximum absolute atomic E-state index is 13.0. The van der Waals surface area contributed by atoms with Crippen LogP contribution in [0.4, 0.5) is 5.69 Å². The zero-order valence-electron chi connectivity index (χ0n) is 19.4. The van der Waals surface area contributed by atoms with Crippen molar-refractivity contribution in [3.05, 3.63) is 99.5 Å². The Morgan fingerprint density at radius 3 is 2.59 bits per heavy atom. The number of carbonyl (C=O) groups is 1. The van der Waals surface area contributed by atoms with Crippen LogP contribution in [0.15, 0.2) is 76.6 Å². The molecule has 0 aromatic heterocycles. The van der Waals surface area contributed by atoms with Crippen LogP contribution in [0, 0.1) is 25.2 Å². The number of rotatable bonds is 6. The van der Waals surface area contributed by atoms with Gasteiger partial charge in [-0.1, -0.05) is 42.5 Å². The number of benzene rings is 3. The highest BCUT2D eigenvalue weighted by Crippen LogP contribution is 2.35. The van der Waals surface area contributed by atoms with Crippen molar-refractivity contribution in [1.82, 2.24) is 4.90 Å². The van der Waals surface area contributed by atoms with Gasteiger partial charge in [-0.2, -0.15) is 5.26 Å². The molecule has 1 amide bonds. The summed E-state index contributed by atoms with van der Waals surface area (Å²) < 4.78 is 5.85. The van der Waals surface area contributed by atoms with Gasteiger partial charge in [0, 0.05) is 12.1 Å². The van der Waals surface area contributed by atoms with Gasteiger partial charge in [0.15, 0.2) is 5.17 Å². The molecule has 0 atom stereocenters. The second-order valence-corrected chi connectivity index (χ2v) is 8.98. The number of thioether (sulfide) groups is 1. The lowest BCUT2D eigenvalue weighted by Crippen LogP contribution is -2.28. The van der Waals surface area contributed by atoms with Crippen LogP contribution < -0.4 is 4.74 Å². The molecule has 0 radical (unpaired) electrons. The quantitative estimate of drug-likeness (QED) is 0.395. The van der Waals surface area contributed by atoms with Gasteiger partial charge in [-0.05, 0) is 79.6 Å². The number of amides is 1. The minimum absolute atomic E-state index is 0.0370. The molecule has 34 heavy (non-hydrogen) atoms. The number of ether oxygens (including phenoxy) is 1. The zero-order valence-corrected chi connectivity index (χ0v) is 20.2. The Morgan fingerprint density at radius 1 is 1.09 bits per heavy atom. The molecule has 170 valence electrons. The van der Waals surface area contributed by atoms with Crippen molar-refractivity contribution < 1.29 is 9.53 Å². The average Bonchev–Trinajstić information content (AvgIpc) is 3.14. The lowest BCUT2D eigenvalue weighted by atomic mass is 10.1. The van der Waals surface area contributed by atoms with E-state index in [4.69, 9.17) is 9.73 Å². The van der Waals surface area contributed by atoms with Crippen LogP contribution >= 0.6 is 11.8 Å². The van der Waals surface area contributed by atoms with Crippen LogP contribution in [0.1, 0.15) is 34.7 Å². The Labute approximate surface area is 204 Å². The van der Waals surface area contributed by atoms with Crippen molar-refractivity contribution in [2.75, 3.05) is 6.54 Å². The molecule has 0 unspecified atom stereocenters. The molecule has 5 nitrogen and oxygen atoms in total. The van der Waals surface area contributed by atoms with E-state index in [1.54, 1.807) is 11.0 Å². The number of carbonyl (C=O) groups excluding carboxylic acids is 1. The van der Waals surface area contributed by atoms with Gasteiger partial charge in [-0.25, -0.2) is 4.99 Å². The molecular formula is C28H25N3O2S.